The van der Waals surface area contributed by atoms with Gasteiger partial charge in [0.2, 0.25) is 0 Å². The highest BCUT2D eigenvalue weighted by atomic mass is 32.2. The van der Waals surface area contributed by atoms with Crippen molar-refractivity contribution < 1.29 is 0 Å². The molecule has 80 valence electrons. The molecule has 1 atom stereocenters. The molecule has 0 N–H and O–H groups in total. The summed E-state index contributed by atoms with van der Waals surface area (Å²) in [5, 5.41) is 0. The Balaban J connectivity index is 2.18. The number of benzene rings is 2. The summed E-state index contributed by atoms with van der Waals surface area (Å²) in [4.78, 5) is 1.44. The lowest BCUT2D eigenvalue weighted by atomic mass is 9.90. The fourth-order valence-corrected chi connectivity index (χ4v) is 3.54. The smallest absolute Gasteiger partial charge is 0.0235 e. The highest BCUT2D eigenvalue weighted by Gasteiger charge is 2.19. The van der Waals surface area contributed by atoms with Gasteiger partial charge in [0.05, 0.1) is 0 Å². The molecule has 0 saturated heterocycles. The van der Waals surface area contributed by atoms with Crippen LogP contribution in [-0.2, 0) is 5.75 Å². The SMILES string of the molecule is CC1c2ccccc2CSc2ccccc21. The highest BCUT2D eigenvalue weighted by Crippen LogP contribution is 2.39. The van der Waals surface area contributed by atoms with E-state index >= 15 is 0 Å². The van der Waals surface area contributed by atoms with Crippen LogP contribution in [0.15, 0.2) is 53.4 Å². The van der Waals surface area contributed by atoms with Crippen molar-refractivity contribution in [3.63, 3.8) is 0 Å². The zero-order valence-electron chi connectivity index (χ0n) is 9.31. The van der Waals surface area contributed by atoms with Crippen LogP contribution >= 0.6 is 11.8 Å². The van der Waals surface area contributed by atoms with E-state index in [0.29, 0.717) is 5.92 Å². The van der Waals surface area contributed by atoms with Gasteiger partial charge in [-0.1, -0.05) is 49.4 Å². The molecule has 1 aliphatic rings. The van der Waals surface area contributed by atoms with Crippen LogP contribution in [0, 0.1) is 0 Å². The van der Waals surface area contributed by atoms with Crippen molar-refractivity contribution in [1.82, 2.24) is 0 Å². The second kappa shape index (κ2) is 3.99. The van der Waals surface area contributed by atoms with E-state index in [2.05, 4.69) is 55.5 Å². The van der Waals surface area contributed by atoms with Gasteiger partial charge in [-0.25, -0.2) is 0 Å². The fraction of sp³-hybridized carbons (Fsp3) is 0.200. The van der Waals surface area contributed by atoms with E-state index in [-0.39, 0.29) is 0 Å². The van der Waals surface area contributed by atoms with Gasteiger partial charge in [0, 0.05) is 16.6 Å². The average Bonchev–Trinajstić information content (AvgIpc) is 2.49. The second-order valence-electron chi connectivity index (χ2n) is 4.25. The van der Waals surface area contributed by atoms with E-state index in [1.54, 1.807) is 0 Å². The minimum Gasteiger partial charge on any atom is -0.121 e. The molecule has 0 aromatic heterocycles. The summed E-state index contributed by atoms with van der Waals surface area (Å²) in [5.74, 6) is 1.61. The number of rotatable bonds is 0. The minimum atomic E-state index is 0.516. The molecular weight excluding hydrogens is 212 g/mol. The van der Waals surface area contributed by atoms with E-state index in [1.807, 2.05) is 11.8 Å². The molecule has 1 aliphatic heterocycles. The van der Waals surface area contributed by atoms with E-state index < -0.39 is 0 Å². The van der Waals surface area contributed by atoms with Crippen LogP contribution in [-0.4, -0.2) is 0 Å². The molecule has 3 rings (SSSR count). The molecule has 1 heterocycles. The first-order valence-electron chi connectivity index (χ1n) is 5.66. The second-order valence-corrected chi connectivity index (χ2v) is 5.26. The third-order valence-corrected chi connectivity index (χ3v) is 4.43. The Bertz CT molecular complexity index is 469. The van der Waals surface area contributed by atoms with E-state index in [9.17, 15) is 0 Å². The maximum absolute atomic E-state index is 2.31. The zero-order chi connectivity index (χ0) is 11.0. The van der Waals surface area contributed by atoms with Crippen LogP contribution < -0.4 is 0 Å². The standard InChI is InChI=1S/C15H14S/c1-11-13-7-3-2-6-12(13)10-16-15-9-5-4-8-14(11)15/h2-9,11H,10H2,1H3. The van der Waals surface area contributed by atoms with Gasteiger partial charge in [0.25, 0.3) is 0 Å². The van der Waals surface area contributed by atoms with Crippen molar-refractivity contribution in [2.24, 2.45) is 0 Å². The quantitative estimate of drug-likeness (QED) is 0.639. The molecule has 0 nitrogen and oxygen atoms in total. The minimum absolute atomic E-state index is 0.516. The van der Waals surface area contributed by atoms with Crippen LogP contribution in [0.4, 0.5) is 0 Å². The third-order valence-electron chi connectivity index (χ3n) is 3.29. The lowest BCUT2D eigenvalue weighted by molar-refractivity contribution is 0.890. The predicted octanol–water partition coefficient (Wildman–Crippen LogP) is 4.44. The van der Waals surface area contributed by atoms with Gasteiger partial charge in [-0.3, -0.25) is 0 Å². The van der Waals surface area contributed by atoms with Crippen molar-refractivity contribution in [3.8, 4) is 0 Å². The summed E-state index contributed by atoms with van der Waals surface area (Å²) < 4.78 is 0. The van der Waals surface area contributed by atoms with Crippen molar-refractivity contribution in [3.05, 3.63) is 65.2 Å². The summed E-state index contributed by atoms with van der Waals surface area (Å²) in [6, 6.07) is 17.6. The molecule has 2 aromatic rings. The number of fused-ring (bicyclic) bond motifs is 2. The summed E-state index contributed by atoms with van der Waals surface area (Å²) in [6.45, 7) is 2.31. The van der Waals surface area contributed by atoms with Crippen molar-refractivity contribution >= 4 is 11.8 Å². The van der Waals surface area contributed by atoms with Crippen molar-refractivity contribution in [2.45, 2.75) is 23.5 Å². The van der Waals surface area contributed by atoms with Crippen LogP contribution in [0.1, 0.15) is 29.5 Å². The van der Waals surface area contributed by atoms with Crippen LogP contribution in [0.25, 0.3) is 0 Å². The van der Waals surface area contributed by atoms with Gasteiger partial charge in [-0.15, -0.1) is 11.8 Å². The molecule has 0 spiro atoms. The molecule has 16 heavy (non-hydrogen) atoms. The van der Waals surface area contributed by atoms with Crippen LogP contribution in [0.3, 0.4) is 0 Å². The molecule has 0 radical (unpaired) electrons. The summed E-state index contributed by atoms with van der Waals surface area (Å²) in [7, 11) is 0. The summed E-state index contributed by atoms with van der Waals surface area (Å²) >= 11 is 1.96. The van der Waals surface area contributed by atoms with Crippen LogP contribution in [0.5, 0.6) is 0 Å². The number of hydrogen-bond acceptors (Lipinski definition) is 1. The summed E-state index contributed by atoms with van der Waals surface area (Å²) in [6.07, 6.45) is 0. The molecule has 0 bridgehead atoms. The molecule has 0 amide bonds. The first kappa shape index (κ1) is 9.98. The van der Waals surface area contributed by atoms with Crippen LogP contribution in [0.2, 0.25) is 0 Å². The molecule has 1 heteroatoms. The first-order chi connectivity index (χ1) is 7.86. The Morgan fingerprint density at radius 2 is 1.62 bits per heavy atom. The average molecular weight is 226 g/mol. The monoisotopic (exact) mass is 226 g/mol. The van der Waals surface area contributed by atoms with Gasteiger partial charge < -0.3 is 0 Å². The van der Waals surface area contributed by atoms with Gasteiger partial charge >= 0.3 is 0 Å². The molecule has 0 fully saturated rings. The van der Waals surface area contributed by atoms with Crippen molar-refractivity contribution in [1.29, 1.82) is 0 Å². The van der Waals surface area contributed by atoms with E-state index in [0.717, 1.165) is 5.75 Å². The van der Waals surface area contributed by atoms with E-state index in [4.69, 9.17) is 0 Å². The maximum Gasteiger partial charge on any atom is 0.0235 e. The fourth-order valence-electron chi connectivity index (χ4n) is 2.38. The van der Waals surface area contributed by atoms with Crippen molar-refractivity contribution in [2.75, 3.05) is 0 Å². The largest absolute Gasteiger partial charge is 0.121 e. The predicted molar refractivity (Wildman–Crippen MR) is 70.0 cm³/mol. The maximum atomic E-state index is 2.31. The topological polar surface area (TPSA) is 0 Å². The van der Waals surface area contributed by atoms with E-state index in [1.165, 1.54) is 21.6 Å². The van der Waals surface area contributed by atoms with Gasteiger partial charge in [-0.05, 0) is 22.8 Å². The third kappa shape index (κ3) is 1.56. The normalized spacial score (nSPS) is 18.4. The lowest BCUT2D eigenvalue weighted by Crippen LogP contribution is -1.98. The number of hydrogen-bond donors (Lipinski definition) is 0. The molecule has 0 saturated carbocycles. The summed E-state index contributed by atoms with van der Waals surface area (Å²) in [5.41, 5.74) is 4.44. The highest BCUT2D eigenvalue weighted by molar-refractivity contribution is 7.98. The molecule has 2 aromatic carbocycles. The van der Waals surface area contributed by atoms with Gasteiger partial charge in [0.15, 0.2) is 0 Å². The Morgan fingerprint density at radius 3 is 2.50 bits per heavy atom. The Hall–Kier alpha value is -1.21. The Kier molecular flexibility index (Phi) is 2.49. The van der Waals surface area contributed by atoms with Gasteiger partial charge in [-0.2, -0.15) is 0 Å². The Labute approximate surface area is 101 Å². The van der Waals surface area contributed by atoms with Gasteiger partial charge in [0.1, 0.15) is 0 Å². The molecule has 1 unspecified atom stereocenters. The first-order valence-corrected chi connectivity index (χ1v) is 6.64. The molecule has 0 aliphatic carbocycles. The molecular formula is C15H14S. The zero-order valence-corrected chi connectivity index (χ0v) is 10.1. The lowest BCUT2D eigenvalue weighted by Gasteiger charge is -2.14. The Morgan fingerprint density at radius 1 is 0.938 bits per heavy atom. The number of thioether (sulfide) groups is 1.